The van der Waals surface area contributed by atoms with Crippen LogP contribution in [-0.2, 0) is 0 Å². The molecule has 0 amide bonds. The molecule has 0 unspecified atom stereocenters. The van der Waals surface area contributed by atoms with Crippen LogP contribution in [0.4, 0.5) is 0 Å². The maximum absolute atomic E-state index is 3.59. The first-order chi connectivity index (χ1) is 4.97. The van der Waals surface area contributed by atoms with Crippen molar-refractivity contribution in [1.82, 2.24) is 5.32 Å². The number of nitrogens with one attached hydrogen (secondary N) is 1. The summed E-state index contributed by atoms with van der Waals surface area (Å²) in [6, 6.07) is 0.823. The molecule has 0 heterocycles. The Morgan fingerprint density at radius 1 is 1.27 bits per heavy atom. The van der Waals surface area contributed by atoms with Gasteiger partial charge in [-0.05, 0) is 24.2 Å². The van der Waals surface area contributed by atoms with Gasteiger partial charge >= 0.3 is 0 Å². The lowest BCUT2D eigenvalue weighted by atomic mass is 9.81. The molecule has 11 heavy (non-hydrogen) atoms. The van der Waals surface area contributed by atoms with Crippen molar-refractivity contribution < 1.29 is 0 Å². The molecule has 0 aromatic heterocycles. The van der Waals surface area contributed by atoms with Crippen molar-refractivity contribution in [2.75, 3.05) is 6.54 Å². The van der Waals surface area contributed by atoms with Gasteiger partial charge in [-0.25, -0.2) is 0 Å². The van der Waals surface area contributed by atoms with Crippen LogP contribution in [0.5, 0.6) is 0 Å². The van der Waals surface area contributed by atoms with Crippen LogP contribution in [0.3, 0.4) is 0 Å². The van der Waals surface area contributed by atoms with E-state index in [1.807, 2.05) is 0 Å². The van der Waals surface area contributed by atoms with Crippen LogP contribution in [-0.4, -0.2) is 12.6 Å². The lowest BCUT2D eigenvalue weighted by Crippen LogP contribution is -2.43. The van der Waals surface area contributed by atoms with Crippen LogP contribution in [0.2, 0.25) is 0 Å². The number of hydrogen-bond acceptors (Lipinski definition) is 1. The van der Waals surface area contributed by atoms with E-state index < -0.39 is 0 Å². The summed E-state index contributed by atoms with van der Waals surface area (Å²) in [6.07, 6.45) is 2.77. The minimum atomic E-state index is 0.443. The Morgan fingerprint density at radius 2 is 1.82 bits per heavy atom. The van der Waals surface area contributed by atoms with Crippen LogP contribution < -0.4 is 5.32 Å². The van der Waals surface area contributed by atoms with Gasteiger partial charge in [0.15, 0.2) is 0 Å². The van der Waals surface area contributed by atoms with Gasteiger partial charge in [0.05, 0.1) is 0 Å². The SMILES string of the molecule is CC1CC(NCC(C)(C)C)C1. The molecule has 0 aromatic carbocycles. The molecule has 0 aromatic rings. The summed E-state index contributed by atoms with van der Waals surface area (Å²) in [7, 11) is 0. The standard InChI is InChI=1S/C10H21N/c1-8-5-9(6-8)11-7-10(2,3)4/h8-9,11H,5-7H2,1-4H3. The topological polar surface area (TPSA) is 12.0 Å². The largest absolute Gasteiger partial charge is 0.313 e. The molecule has 1 fully saturated rings. The predicted octanol–water partition coefficient (Wildman–Crippen LogP) is 2.42. The van der Waals surface area contributed by atoms with Gasteiger partial charge < -0.3 is 5.32 Å². The summed E-state index contributed by atoms with van der Waals surface area (Å²) < 4.78 is 0. The molecule has 0 saturated heterocycles. The Morgan fingerprint density at radius 3 is 2.18 bits per heavy atom. The van der Waals surface area contributed by atoms with E-state index in [-0.39, 0.29) is 0 Å². The van der Waals surface area contributed by atoms with Gasteiger partial charge in [-0.1, -0.05) is 27.7 Å². The average Bonchev–Trinajstić information content (AvgIpc) is 1.75. The van der Waals surface area contributed by atoms with E-state index in [9.17, 15) is 0 Å². The van der Waals surface area contributed by atoms with Gasteiger partial charge in [0.2, 0.25) is 0 Å². The molecule has 1 saturated carbocycles. The van der Waals surface area contributed by atoms with Crippen molar-refractivity contribution in [2.45, 2.75) is 46.6 Å². The molecule has 1 aliphatic rings. The van der Waals surface area contributed by atoms with E-state index in [0.29, 0.717) is 5.41 Å². The van der Waals surface area contributed by atoms with Crippen molar-refractivity contribution in [1.29, 1.82) is 0 Å². The Balaban J connectivity index is 2.05. The summed E-state index contributed by atoms with van der Waals surface area (Å²) in [5.74, 6) is 0.965. The Hall–Kier alpha value is -0.0400. The molecule has 1 aliphatic carbocycles. The van der Waals surface area contributed by atoms with Gasteiger partial charge in [-0.3, -0.25) is 0 Å². The van der Waals surface area contributed by atoms with Gasteiger partial charge in [0.1, 0.15) is 0 Å². The van der Waals surface area contributed by atoms with Gasteiger partial charge in [-0.15, -0.1) is 0 Å². The first-order valence-corrected chi connectivity index (χ1v) is 4.71. The molecule has 0 bridgehead atoms. The zero-order chi connectivity index (χ0) is 8.48. The van der Waals surface area contributed by atoms with Crippen molar-refractivity contribution in [3.63, 3.8) is 0 Å². The quantitative estimate of drug-likeness (QED) is 0.645. The summed E-state index contributed by atoms with van der Waals surface area (Å²) in [6.45, 7) is 10.3. The third-order valence-corrected chi connectivity index (χ3v) is 2.29. The molecule has 1 heteroatoms. The molecular weight excluding hydrogens is 134 g/mol. The maximum Gasteiger partial charge on any atom is 0.00723 e. The van der Waals surface area contributed by atoms with Crippen LogP contribution in [0.25, 0.3) is 0 Å². The summed E-state index contributed by atoms with van der Waals surface area (Å²) in [5.41, 5.74) is 0.443. The van der Waals surface area contributed by atoms with Crippen LogP contribution >= 0.6 is 0 Å². The molecule has 0 atom stereocenters. The summed E-state index contributed by atoms with van der Waals surface area (Å²) in [5, 5.41) is 3.59. The number of hydrogen-bond donors (Lipinski definition) is 1. The monoisotopic (exact) mass is 155 g/mol. The molecule has 1 nitrogen and oxygen atoms in total. The van der Waals surface area contributed by atoms with Crippen molar-refractivity contribution >= 4 is 0 Å². The summed E-state index contributed by atoms with van der Waals surface area (Å²) in [4.78, 5) is 0. The fourth-order valence-corrected chi connectivity index (χ4v) is 1.52. The lowest BCUT2D eigenvalue weighted by Gasteiger charge is -2.35. The highest BCUT2D eigenvalue weighted by Crippen LogP contribution is 2.26. The molecule has 66 valence electrons. The molecular formula is C10H21N. The maximum atomic E-state index is 3.59. The minimum Gasteiger partial charge on any atom is -0.313 e. The Kier molecular flexibility index (Phi) is 2.58. The fourth-order valence-electron chi connectivity index (χ4n) is 1.52. The van der Waals surface area contributed by atoms with Crippen LogP contribution in [0.15, 0.2) is 0 Å². The van der Waals surface area contributed by atoms with Crippen molar-refractivity contribution in [3.05, 3.63) is 0 Å². The second-order valence-electron chi connectivity index (χ2n) is 5.22. The second-order valence-corrected chi connectivity index (χ2v) is 5.22. The highest BCUT2D eigenvalue weighted by molar-refractivity contribution is 4.83. The minimum absolute atomic E-state index is 0.443. The molecule has 1 N–H and O–H groups in total. The fraction of sp³-hybridized carbons (Fsp3) is 1.00. The molecule has 0 aliphatic heterocycles. The Bertz CT molecular complexity index is 117. The zero-order valence-corrected chi connectivity index (χ0v) is 8.28. The normalized spacial score (nSPS) is 31.6. The average molecular weight is 155 g/mol. The molecule has 1 rings (SSSR count). The number of rotatable bonds is 2. The van der Waals surface area contributed by atoms with Crippen molar-refractivity contribution in [2.24, 2.45) is 11.3 Å². The smallest absolute Gasteiger partial charge is 0.00723 e. The highest BCUT2D eigenvalue weighted by atomic mass is 14.9. The van der Waals surface area contributed by atoms with E-state index in [1.165, 1.54) is 12.8 Å². The van der Waals surface area contributed by atoms with Crippen LogP contribution in [0, 0.1) is 11.3 Å². The van der Waals surface area contributed by atoms with E-state index >= 15 is 0 Å². The van der Waals surface area contributed by atoms with E-state index in [1.54, 1.807) is 0 Å². The van der Waals surface area contributed by atoms with Gasteiger partial charge in [-0.2, -0.15) is 0 Å². The van der Waals surface area contributed by atoms with Gasteiger partial charge in [0.25, 0.3) is 0 Å². The van der Waals surface area contributed by atoms with Gasteiger partial charge in [0, 0.05) is 12.6 Å². The van der Waals surface area contributed by atoms with Crippen LogP contribution in [0.1, 0.15) is 40.5 Å². The first kappa shape index (κ1) is 9.05. The van der Waals surface area contributed by atoms with Crippen molar-refractivity contribution in [3.8, 4) is 0 Å². The van der Waals surface area contributed by atoms with E-state index in [2.05, 4.69) is 33.0 Å². The van der Waals surface area contributed by atoms with E-state index in [4.69, 9.17) is 0 Å². The second kappa shape index (κ2) is 3.14. The van der Waals surface area contributed by atoms with E-state index in [0.717, 1.165) is 18.5 Å². The third-order valence-electron chi connectivity index (χ3n) is 2.29. The lowest BCUT2D eigenvalue weighted by molar-refractivity contribution is 0.218. The zero-order valence-electron chi connectivity index (χ0n) is 8.28. The molecule has 0 spiro atoms. The molecule has 0 radical (unpaired) electrons. The predicted molar refractivity (Wildman–Crippen MR) is 49.6 cm³/mol. The first-order valence-electron chi connectivity index (χ1n) is 4.71. The highest BCUT2D eigenvalue weighted by Gasteiger charge is 2.25. The third kappa shape index (κ3) is 3.24. The summed E-state index contributed by atoms with van der Waals surface area (Å²) >= 11 is 0. The Labute approximate surface area is 70.6 Å².